The number of hydrogen-bond acceptors (Lipinski definition) is 3. The number of nitrogens with zero attached hydrogens (tertiary/aromatic N) is 2. The zero-order valence-corrected chi connectivity index (χ0v) is 16.5. The van der Waals surface area contributed by atoms with Gasteiger partial charge < -0.3 is 10.2 Å². The topological polar surface area (TPSA) is 45.2 Å². The molecule has 0 saturated heterocycles. The number of nitrogens with one attached hydrogen (secondary N) is 1. The van der Waals surface area contributed by atoms with Crippen LogP contribution in [0.1, 0.15) is 24.2 Å². The highest BCUT2D eigenvalue weighted by Gasteiger charge is 2.15. The summed E-state index contributed by atoms with van der Waals surface area (Å²) in [5, 5.41) is 3.16. The summed E-state index contributed by atoms with van der Waals surface area (Å²) in [6.07, 6.45) is 1.58. The Kier molecular flexibility index (Phi) is 6.26. The number of pyridine rings is 1. The highest BCUT2D eigenvalue weighted by Crippen LogP contribution is 2.27. The Hall–Kier alpha value is -2.92. The average Bonchev–Trinajstić information content (AvgIpc) is 2.70. The molecule has 3 rings (SSSR count). The van der Waals surface area contributed by atoms with Crippen LogP contribution in [0.3, 0.4) is 0 Å². The Morgan fingerprint density at radius 3 is 2.43 bits per heavy atom. The van der Waals surface area contributed by atoms with Gasteiger partial charge in [-0.2, -0.15) is 0 Å². The number of benzene rings is 2. The normalized spacial score (nSPS) is 10.6. The monoisotopic (exact) mass is 397 g/mol. The summed E-state index contributed by atoms with van der Waals surface area (Å²) in [6.45, 7) is 5.98. The maximum absolute atomic E-state index is 14.5. The van der Waals surface area contributed by atoms with Gasteiger partial charge in [-0.25, -0.2) is 4.39 Å². The SMILES string of the molecule is CCN(CC)c1ccc(NC(=O)c2ccc(-c3ncccc3Cl)cc2F)cc1. The zero-order valence-electron chi connectivity index (χ0n) is 15.7. The van der Waals surface area contributed by atoms with Crippen LogP contribution in [0.5, 0.6) is 0 Å². The summed E-state index contributed by atoms with van der Waals surface area (Å²) in [6, 6.07) is 15.2. The molecular weight excluding hydrogens is 377 g/mol. The minimum Gasteiger partial charge on any atom is -0.372 e. The van der Waals surface area contributed by atoms with Gasteiger partial charge in [-0.05, 0) is 62.4 Å². The predicted molar refractivity (Wildman–Crippen MR) is 113 cm³/mol. The highest BCUT2D eigenvalue weighted by molar-refractivity contribution is 6.33. The maximum Gasteiger partial charge on any atom is 0.258 e. The summed E-state index contributed by atoms with van der Waals surface area (Å²) in [4.78, 5) is 18.8. The first-order valence-corrected chi connectivity index (χ1v) is 9.48. The highest BCUT2D eigenvalue weighted by atomic mass is 35.5. The van der Waals surface area contributed by atoms with Gasteiger partial charge in [0.25, 0.3) is 5.91 Å². The molecule has 0 aliphatic rings. The molecule has 0 atom stereocenters. The van der Waals surface area contributed by atoms with Crippen molar-refractivity contribution >= 4 is 28.9 Å². The molecular formula is C22H21ClFN3O. The molecule has 3 aromatic rings. The Bertz CT molecular complexity index is 972. The van der Waals surface area contributed by atoms with Crippen LogP contribution >= 0.6 is 11.6 Å². The maximum atomic E-state index is 14.5. The van der Waals surface area contributed by atoms with Gasteiger partial charge in [0.05, 0.1) is 16.3 Å². The molecule has 28 heavy (non-hydrogen) atoms. The summed E-state index contributed by atoms with van der Waals surface area (Å²) in [5.41, 5.74) is 2.64. The number of anilines is 2. The first kappa shape index (κ1) is 19.8. The summed E-state index contributed by atoms with van der Waals surface area (Å²) in [7, 11) is 0. The van der Waals surface area contributed by atoms with Crippen LogP contribution in [-0.4, -0.2) is 24.0 Å². The van der Waals surface area contributed by atoms with E-state index in [-0.39, 0.29) is 5.56 Å². The third kappa shape index (κ3) is 4.31. The molecule has 1 heterocycles. The third-order valence-corrected chi connectivity index (χ3v) is 4.80. The van der Waals surface area contributed by atoms with Crippen LogP contribution in [0.25, 0.3) is 11.3 Å². The van der Waals surface area contributed by atoms with Crippen LogP contribution < -0.4 is 10.2 Å². The van der Waals surface area contributed by atoms with Crippen LogP contribution in [0, 0.1) is 5.82 Å². The zero-order chi connectivity index (χ0) is 20.1. The number of amides is 1. The largest absolute Gasteiger partial charge is 0.372 e. The molecule has 0 fully saturated rings. The fourth-order valence-corrected chi connectivity index (χ4v) is 3.22. The Balaban J connectivity index is 1.77. The number of hydrogen-bond donors (Lipinski definition) is 1. The van der Waals surface area contributed by atoms with Crippen LogP contribution in [0.4, 0.5) is 15.8 Å². The van der Waals surface area contributed by atoms with Crippen molar-refractivity contribution in [2.24, 2.45) is 0 Å². The van der Waals surface area contributed by atoms with Gasteiger partial charge >= 0.3 is 0 Å². The van der Waals surface area contributed by atoms with E-state index in [1.165, 1.54) is 12.1 Å². The van der Waals surface area contributed by atoms with E-state index in [2.05, 4.69) is 29.0 Å². The lowest BCUT2D eigenvalue weighted by molar-refractivity contribution is 0.102. The standard InChI is InChI=1S/C22H21ClFN3O/c1-3-27(4-2)17-10-8-16(9-11-17)26-22(28)18-12-7-15(14-20(18)24)21-19(23)6-5-13-25-21/h5-14H,3-4H2,1-2H3,(H,26,28). The molecule has 0 bridgehead atoms. The minimum absolute atomic E-state index is 0.0383. The smallest absolute Gasteiger partial charge is 0.258 e. The molecule has 0 saturated carbocycles. The molecule has 2 aromatic carbocycles. The van der Waals surface area contributed by atoms with E-state index in [1.54, 1.807) is 24.4 Å². The van der Waals surface area contributed by atoms with Gasteiger partial charge in [-0.15, -0.1) is 0 Å². The number of carbonyl (C=O) groups is 1. The number of carbonyl (C=O) groups excluding carboxylic acids is 1. The summed E-state index contributed by atoms with van der Waals surface area (Å²) < 4.78 is 14.5. The molecule has 1 aromatic heterocycles. The van der Waals surface area contributed by atoms with Gasteiger partial charge in [0.15, 0.2) is 0 Å². The second-order valence-electron chi connectivity index (χ2n) is 6.20. The lowest BCUT2D eigenvalue weighted by Crippen LogP contribution is -2.21. The number of halogens is 2. The van der Waals surface area contributed by atoms with Crippen LogP contribution in [-0.2, 0) is 0 Å². The number of rotatable bonds is 6. The van der Waals surface area contributed by atoms with Crippen molar-refractivity contribution in [3.63, 3.8) is 0 Å². The van der Waals surface area contributed by atoms with E-state index in [4.69, 9.17) is 11.6 Å². The van der Waals surface area contributed by atoms with Gasteiger partial charge in [0.1, 0.15) is 5.82 Å². The fraction of sp³-hybridized carbons (Fsp3) is 0.182. The van der Waals surface area contributed by atoms with Crippen LogP contribution in [0.15, 0.2) is 60.8 Å². The van der Waals surface area contributed by atoms with E-state index in [0.717, 1.165) is 18.8 Å². The van der Waals surface area contributed by atoms with E-state index >= 15 is 0 Å². The molecule has 0 unspecified atom stereocenters. The van der Waals surface area contributed by atoms with Crippen molar-refractivity contribution in [3.05, 3.63) is 77.2 Å². The lowest BCUT2D eigenvalue weighted by Gasteiger charge is -2.21. The third-order valence-electron chi connectivity index (χ3n) is 4.50. The van der Waals surface area contributed by atoms with E-state index in [1.807, 2.05) is 24.3 Å². The molecule has 0 aliphatic heterocycles. The van der Waals surface area contributed by atoms with Crippen molar-refractivity contribution in [1.82, 2.24) is 4.98 Å². The molecule has 0 aliphatic carbocycles. The average molecular weight is 398 g/mol. The summed E-state index contributed by atoms with van der Waals surface area (Å²) in [5.74, 6) is -1.14. The predicted octanol–water partition coefficient (Wildman–Crippen LogP) is 5.64. The molecule has 6 heteroatoms. The van der Waals surface area contributed by atoms with Gasteiger partial charge in [0, 0.05) is 36.2 Å². The Morgan fingerprint density at radius 2 is 1.82 bits per heavy atom. The fourth-order valence-electron chi connectivity index (χ4n) is 2.99. The molecule has 144 valence electrons. The van der Waals surface area contributed by atoms with Crippen molar-refractivity contribution in [2.45, 2.75) is 13.8 Å². The molecule has 0 spiro atoms. The van der Waals surface area contributed by atoms with Crippen molar-refractivity contribution in [1.29, 1.82) is 0 Å². The minimum atomic E-state index is -0.628. The van der Waals surface area contributed by atoms with E-state index < -0.39 is 11.7 Å². The summed E-state index contributed by atoms with van der Waals surface area (Å²) >= 11 is 6.11. The van der Waals surface area contributed by atoms with Crippen molar-refractivity contribution < 1.29 is 9.18 Å². The second kappa shape index (κ2) is 8.85. The van der Waals surface area contributed by atoms with E-state index in [9.17, 15) is 9.18 Å². The van der Waals surface area contributed by atoms with Gasteiger partial charge in [-0.3, -0.25) is 9.78 Å². The van der Waals surface area contributed by atoms with Gasteiger partial charge in [0.2, 0.25) is 0 Å². The Morgan fingerprint density at radius 1 is 1.11 bits per heavy atom. The van der Waals surface area contributed by atoms with Crippen molar-refractivity contribution in [3.8, 4) is 11.3 Å². The lowest BCUT2D eigenvalue weighted by atomic mass is 10.1. The first-order valence-electron chi connectivity index (χ1n) is 9.10. The quantitative estimate of drug-likeness (QED) is 0.585. The van der Waals surface area contributed by atoms with Crippen molar-refractivity contribution in [2.75, 3.05) is 23.3 Å². The second-order valence-corrected chi connectivity index (χ2v) is 6.61. The molecule has 1 N–H and O–H groups in total. The van der Waals surface area contributed by atoms with Crippen LogP contribution in [0.2, 0.25) is 5.02 Å². The molecule has 0 radical (unpaired) electrons. The molecule has 4 nitrogen and oxygen atoms in total. The molecule has 1 amide bonds. The number of aromatic nitrogens is 1. The first-order chi connectivity index (χ1) is 13.5. The Labute approximate surface area is 169 Å². The van der Waals surface area contributed by atoms with E-state index in [0.29, 0.717) is 22.0 Å². The van der Waals surface area contributed by atoms with Gasteiger partial charge in [-0.1, -0.05) is 17.7 Å².